The SMILES string of the molecule is O=S(=O)(NCc1cccc(CO)c1)c1ccc(F)cc1. The van der Waals surface area contributed by atoms with Crippen molar-refractivity contribution < 1.29 is 17.9 Å². The third-order valence-electron chi connectivity index (χ3n) is 2.76. The van der Waals surface area contributed by atoms with Gasteiger partial charge in [-0.3, -0.25) is 0 Å². The zero-order valence-corrected chi connectivity index (χ0v) is 11.4. The minimum atomic E-state index is -3.67. The van der Waals surface area contributed by atoms with Gasteiger partial charge in [0.05, 0.1) is 11.5 Å². The molecule has 0 aliphatic carbocycles. The van der Waals surface area contributed by atoms with Crippen molar-refractivity contribution in [1.29, 1.82) is 0 Å². The molecule has 0 fully saturated rings. The number of benzene rings is 2. The second kappa shape index (κ2) is 6.13. The summed E-state index contributed by atoms with van der Waals surface area (Å²) in [6.07, 6.45) is 0. The van der Waals surface area contributed by atoms with E-state index < -0.39 is 15.8 Å². The first-order valence-electron chi connectivity index (χ1n) is 5.95. The molecule has 106 valence electrons. The van der Waals surface area contributed by atoms with Crippen LogP contribution in [0.5, 0.6) is 0 Å². The summed E-state index contributed by atoms with van der Waals surface area (Å²) in [5.41, 5.74) is 1.45. The highest BCUT2D eigenvalue weighted by atomic mass is 32.2. The largest absolute Gasteiger partial charge is 0.392 e. The molecule has 0 radical (unpaired) electrons. The monoisotopic (exact) mass is 295 g/mol. The molecule has 0 amide bonds. The topological polar surface area (TPSA) is 66.4 Å². The van der Waals surface area contributed by atoms with E-state index in [0.29, 0.717) is 5.56 Å². The van der Waals surface area contributed by atoms with Gasteiger partial charge in [0.1, 0.15) is 5.82 Å². The minimum absolute atomic E-state index is 0.0113. The van der Waals surface area contributed by atoms with Crippen molar-refractivity contribution in [2.24, 2.45) is 0 Å². The van der Waals surface area contributed by atoms with Gasteiger partial charge >= 0.3 is 0 Å². The number of rotatable bonds is 5. The lowest BCUT2D eigenvalue weighted by Gasteiger charge is -2.07. The van der Waals surface area contributed by atoms with Crippen LogP contribution in [-0.2, 0) is 23.2 Å². The van der Waals surface area contributed by atoms with Crippen molar-refractivity contribution in [1.82, 2.24) is 4.72 Å². The van der Waals surface area contributed by atoms with E-state index in [0.717, 1.165) is 17.7 Å². The molecule has 2 aromatic carbocycles. The zero-order valence-electron chi connectivity index (χ0n) is 10.6. The van der Waals surface area contributed by atoms with E-state index in [1.165, 1.54) is 12.1 Å². The fourth-order valence-electron chi connectivity index (χ4n) is 1.71. The maximum atomic E-state index is 12.8. The Hall–Kier alpha value is -1.76. The number of halogens is 1. The van der Waals surface area contributed by atoms with Crippen LogP contribution in [0.4, 0.5) is 4.39 Å². The molecule has 0 atom stereocenters. The second-order valence-corrected chi connectivity index (χ2v) is 6.02. The summed E-state index contributed by atoms with van der Waals surface area (Å²) in [5, 5.41) is 9.02. The van der Waals surface area contributed by atoms with Crippen LogP contribution < -0.4 is 4.72 Å². The predicted octanol–water partition coefficient (Wildman–Crippen LogP) is 1.80. The van der Waals surface area contributed by atoms with Crippen LogP contribution in [-0.4, -0.2) is 13.5 Å². The summed E-state index contributed by atoms with van der Waals surface area (Å²) in [4.78, 5) is 0.0113. The van der Waals surface area contributed by atoms with Crippen LogP contribution in [0.1, 0.15) is 11.1 Å². The highest BCUT2D eigenvalue weighted by Crippen LogP contribution is 2.11. The van der Waals surface area contributed by atoms with Crippen molar-refractivity contribution in [3.63, 3.8) is 0 Å². The smallest absolute Gasteiger partial charge is 0.240 e. The van der Waals surface area contributed by atoms with Crippen molar-refractivity contribution in [2.75, 3.05) is 0 Å². The Morgan fingerprint density at radius 1 is 1.05 bits per heavy atom. The van der Waals surface area contributed by atoms with E-state index in [-0.39, 0.29) is 18.0 Å². The fraction of sp³-hybridized carbons (Fsp3) is 0.143. The Labute approximate surface area is 116 Å². The van der Waals surface area contributed by atoms with Gasteiger partial charge in [0.15, 0.2) is 0 Å². The van der Waals surface area contributed by atoms with Gasteiger partial charge in [-0.15, -0.1) is 0 Å². The highest BCUT2D eigenvalue weighted by molar-refractivity contribution is 7.89. The van der Waals surface area contributed by atoms with Crippen molar-refractivity contribution in [3.8, 4) is 0 Å². The number of aliphatic hydroxyl groups is 1. The van der Waals surface area contributed by atoms with Gasteiger partial charge in [0.2, 0.25) is 10.0 Å². The minimum Gasteiger partial charge on any atom is -0.392 e. The first kappa shape index (κ1) is 14.6. The normalized spacial score (nSPS) is 11.5. The Kier molecular flexibility index (Phi) is 4.49. The lowest BCUT2D eigenvalue weighted by atomic mass is 10.1. The average Bonchev–Trinajstić information content (AvgIpc) is 2.46. The molecule has 6 heteroatoms. The van der Waals surface area contributed by atoms with Gasteiger partial charge in [-0.05, 0) is 35.4 Å². The van der Waals surface area contributed by atoms with Crippen LogP contribution in [0.25, 0.3) is 0 Å². The molecule has 0 heterocycles. The Morgan fingerprint density at radius 3 is 2.35 bits per heavy atom. The van der Waals surface area contributed by atoms with Gasteiger partial charge < -0.3 is 5.11 Å². The standard InChI is InChI=1S/C14H14FNO3S/c15-13-4-6-14(7-5-13)20(18,19)16-9-11-2-1-3-12(8-11)10-17/h1-8,16-17H,9-10H2. The highest BCUT2D eigenvalue weighted by Gasteiger charge is 2.13. The maximum absolute atomic E-state index is 12.8. The first-order chi connectivity index (χ1) is 9.51. The van der Waals surface area contributed by atoms with Crippen molar-refractivity contribution >= 4 is 10.0 Å². The van der Waals surface area contributed by atoms with Gasteiger partial charge in [-0.25, -0.2) is 17.5 Å². The van der Waals surface area contributed by atoms with E-state index in [4.69, 9.17) is 5.11 Å². The number of nitrogens with one attached hydrogen (secondary N) is 1. The van der Waals surface area contributed by atoms with Crippen LogP contribution in [0.2, 0.25) is 0 Å². The average molecular weight is 295 g/mol. The third-order valence-corrected chi connectivity index (χ3v) is 4.18. The molecule has 0 aliphatic heterocycles. The lowest BCUT2D eigenvalue weighted by molar-refractivity contribution is 0.281. The Balaban J connectivity index is 2.10. The van der Waals surface area contributed by atoms with E-state index in [1.54, 1.807) is 24.3 Å². The molecule has 0 saturated heterocycles. The van der Waals surface area contributed by atoms with Gasteiger partial charge in [0.25, 0.3) is 0 Å². The predicted molar refractivity (Wildman–Crippen MR) is 72.8 cm³/mol. The summed E-state index contributed by atoms with van der Waals surface area (Å²) in [6, 6.07) is 11.6. The maximum Gasteiger partial charge on any atom is 0.240 e. The molecule has 2 N–H and O–H groups in total. The van der Waals surface area contributed by atoms with Crippen LogP contribution >= 0.6 is 0 Å². The molecule has 0 bridgehead atoms. The molecule has 2 aromatic rings. The Morgan fingerprint density at radius 2 is 1.70 bits per heavy atom. The molecule has 0 spiro atoms. The molecule has 20 heavy (non-hydrogen) atoms. The lowest BCUT2D eigenvalue weighted by Crippen LogP contribution is -2.23. The van der Waals surface area contributed by atoms with Crippen LogP contribution in [0, 0.1) is 5.82 Å². The number of aliphatic hydroxyl groups excluding tert-OH is 1. The van der Waals surface area contributed by atoms with Crippen molar-refractivity contribution in [3.05, 3.63) is 65.5 Å². The van der Waals surface area contributed by atoms with E-state index >= 15 is 0 Å². The number of hydrogen-bond acceptors (Lipinski definition) is 3. The zero-order chi connectivity index (χ0) is 14.6. The molecular weight excluding hydrogens is 281 g/mol. The molecule has 0 aliphatic rings. The van der Waals surface area contributed by atoms with Gasteiger partial charge in [0, 0.05) is 6.54 Å². The third kappa shape index (κ3) is 3.63. The molecule has 2 rings (SSSR count). The summed E-state index contributed by atoms with van der Waals surface area (Å²) in [6.45, 7) is 0.00605. The molecular formula is C14H14FNO3S. The van der Waals surface area contributed by atoms with E-state index in [9.17, 15) is 12.8 Å². The van der Waals surface area contributed by atoms with Gasteiger partial charge in [-0.1, -0.05) is 24.3 Å². The quantitative estimate of drug-likeness (QED) is 0.884. The van der Waals surface area contributed by atoms with Crippen LogP contribution in [0.3, 0.4) is 0 Å². The molecule has 0 saturated carbocycles. The summed E-state index contributed by atoms with van der Waals surface area (Å²) < 4.78 is 39.2. The Bertz CT molecular complexity index is 684. The van der Waals surface area contributed by atoms with Crippen molar-refractivity contribution in [2.45, 2.75) is 18.0 Å². The first-order valence-corrected chi connectivity index (χ1v) is 7.43. The fourth-order valence-corrected chi connectivity index (χ4v) is 2.73. The van der Waals surface area contributed by atoms with Gasteiger partial charge in [-0.2, -0.15) is 0 Å². The summed E-state index contributed by atoms with van der Waals surface area (Å²) in [5.74, 6) is -0.486. The molecule has 0 aromatic heterocycles. The summed E-state index contributed by atoms with van der Waals surface area (Å²) >= 11 is 0. The van der Waals surface area contributed by atoms with E-state index in [2.05, 4.69) is 4.72 Å². The summed E-state index contributed by atoms with van der Waals surface area (Å²) in [7, 11) is -3.67. The number of sulfonamides is 1. The number of hydrogen-bond donors (Lipinski definition) is 2. The molecule has 4 nitrogen and oxygen atoms in total. The van der Waals surface area contributed by atoms with Crippen LogP contribution in [0.15, 0.2) is 53.4 Å². The van der Waals surface area contributed by atoms with E-state index in [1.807, 2.05) is 0 Å². The molecule has 0 unspecified atom stereocenters. The second-order valence-electron chi connectivity index (χ2n) is 4.26.